The van der Waals surface area contributed by atoms with E-state index in [2.05, 4.69) is 34.9 Å². The van der Waals surface area contributed by atoms with Crippen LogP contribution in [0.15, 0.2) is 78.9 Å². The highest BCUT2D eigenvalue weighted by Gasteiger charge is 2.07. The summed E-state index contributed by atoms with van der Waals surface area (Å²) in [5, 5.41) is 5.97. The van der Waals surface area contributed by atoms with E-state index in [9.17, 15) is 4.79 Å². The molecule has 0 atom stereocenters. The summed E-state index contributed by atoms with van der Waals surface area (Å²) >= 11 is 0. The van der Waals surface area contributed by atoms with E-state index in [-0.39, 0.29) is 12.5 Å². The normalized spacial score (nSPS) is 10.2. The minimum atomic E-state index is -0.149. The first-order valence-corrected chi connectivity index (χ1v) is 9.68. The highest BCUT2D eigenvalue weighted by Crippen LogP contribution is 2.23. The third kappa shape index (κ3) is 6.57. The first-order valence-electron chi connectivity index (χ1n) is 9.68. The number of hydrogen-bond acceptors (Lipinski definition) is 4. The molecule has 5 heteroatoms. The molecule has 0 saturated carbocycles. The highest BCUT2D eigenvalue weighted by molar-refractivity contribution is 5.95. The lowest BCUT2D eigenvalue weighted by atomic mass is 10.1. The molecular formula is C24H26N2O3. The number of rotatable bonds is 10. The van der Waals surface area contributed by atoms with Crippen LogP contribution in [0.3, 0.4) is 0 Å². The zero-order valence-corrected chi connectivity index (χ0v) is 16.6. The Morgan fingerprint density at radius 1 is 0.931 bits per heavy atom. The van der Waals surface area contributed by atoms with Gasteiger partial charge in [0, 0.05) is 11.8 Å². The monoisotopic (exact) mass is 390 g/mol. The molecule has 0 aliphatic rings. The number of anilines is 2. The van der Waals surface area contributed by atoms with Crippen LogP contribution in [-0.4, -0.2) is 26.2 Å². The van der Waals surface area contributed by atoms with E-state index in [0.29, 0.717) is 18.0 Å². The third-order valence-electron chi connectivity index (χ3n) is 4.39. The Bertz CT molecular complexity index is 913. The number of aryl methyl sites for hydroxylation is 1. The van der Waals surface area contributed by atoms with Gasteiger partial charge >= 0.3 is 0 Å². The average molecular weight is 390 g/mol. The Balaban J connectivity index is 1.43. The Morgan fingerprint density at radius 3 is 2.55 bits per heavy atom. The second kappa shape index (κ2) is 10.8. The third-order valence-corrected chi connectivity index (χ3v) is 4.39. The van der Waals surface area contributed by atoms with Crippen LogP contribution >= 0.6 is 0 Å². The second-order valence-corrected chi connectivity index (χ2v) is 6.57. The number of amides is 1. The predicted molar refractivity (Wildman–Crippen MR) is 117 cm³/mol. The maximum atomic E-state index is 12.2. The predicted octanol–water partition coefficient (Wildman–Crippen LogP) is 4.76. The molecule has 3 rings (SSSR count). The van der Waals surface area contributed by atoms with Gasteiger partial charge in [-0.2, -0.15) is 0 Å². The number of nitrogens with one attached hydrogen (secondary N) is 2. The number of carbonyl (C=O) groups is 1. The summed E-state index contributed by atoms with van der Waals surface area (Å²) in [5.74, 6) is 1.27. The van der Waals surface area contributed by atoms with Gasteiger partial charge in [0.25, 0.3) is 0 Å². The van der Waals surface area contributed by atoms with Crippen molar-refractivity contribution in [2.24, 2.45) is 0 Å². The smallest absolute Gasteiger partial charge is 0.243 e. The summed E-state index contributed by atoms with van der Waals surface area (Å²) in [6.07, 6.45) is 1.94. The van der Waals surface area contributed by atoms with E-state index in [1.54, 1.807) is 13.2 Å². The number of para-hydroxylation sites is 2. The summed E-state index contributed by atoms with van der Waals surface area (Å²) < 4.78 is 11.1. The lowest BCUT2D eigenvalue weighted by Crippen LogP contribution is -2.22. The van der Waals surface area contributed by atoms with E-state index in [1.165, 1.54) is 5.56 Å². The fourth-order valence-corrected chi connectivity index (χ4v) is 2.93. The lowest BCUT2D eigenvalue weighted by molar-refractivity contribution is -0.114. The number of methoxy groups -OCH3 is 1. The molecule has 3 aromatic rings. The Hall–Kier alpha value is -3.47. The van der Waals surface area contributed by atoms with Crippen molar-refractivity contribution in [3.05, 3.63) is 84.4 Å². The van der Waals surface area contributed by atoms with E-state index in [1.807, 2.05) is 48.5 Å². The summed E-state index contributed by atoms with van der Waals surface area (Å²) in [5.41, 5.74) is 2.80. The molecule has 0 aliphatic heterocycles. The van der Waals surface area contributed by atoms with Crippen molar-refractivity contribution in [2.45, 2.75) is 12.8 Å². The molecule has 0 radical (unpaired) electrons. The van der Waals surface area contributed by atoms with Crippen molar-refractivity contribution in [1.82, 2.24) is 0 Å². The highest BCUT2D eigenvalue weighted by atomic mass is 16.5. The van der Waals surface area contributed by atoms with Crippen LogP contribution < -0.4 is 20.1 Å². The van der Waals surface area contributed by atoms with Gasteiger partial charge in [-0.3, -0.25) is 4.79 Å². The summed E-state index contributed by atoms with van der Waals surface area (Å²) in [7, 11) is 1.58. The number of ether oxygens (including phenoxy) is 2. The molecule has 2 N–H and O–H groups in total. The maximum absolute atomic E-state index is 12.2. The summed E-state index contributed by atoms with van der Waals surface area (Å²) in [6, 6.07) is 25.3. The lowest BCUT2D eigenvalue weighted by Gasteiger charge is -2.12. The topological polar surface area (TPSA) is 59.6 Å². The van der Waals surface area contributed by atoms with Crippen molar-refractivity contribution < 1.29 is 14.3 Å². The van der Waals surface area contributed by atoms with Gasteiger partial charge in [-0.1, -0.05) is 48.5 Å². The molecular weight excluding hydrogens is 364 g/mol. The summed E-state index contributed by atoms with van der Waals surface area (Å²) in [4.78, 5) is 12.2. The van der Waals surface area contributed by atoms with Gasteiger partial charge in [0.15, 0.2) is 0 Å². The molecule has 0 aliphatic carbocycles. The number of hydrogen-bond donors (Lipinski definition) is 2. The molecule has 3 aromatic carbocycles. The van der Waals surface area contributed by atoms with Gasteiger partial charge < -0.3 is 20.1 Å². The molecule has 0 heterocycles. The largest absolute Gasteiger partial charge is 0.495 e. The Labute approximate surface area is 171 Å². The minimum absolute atomic E-state index is 0.148. The SMILES string of the molecule is COc1ccccc1NC(=O)CNc1cccc(OCCCc2ccccc2)c1. The van der Waals surface area contributed by atoms with Gasteiger partial charge in [0.2, 0.25) is 5.91 Å². The second-order valence-electron chi connectivity index (χ2n) is 6.57. The Morgan fingerprint density at radius 2 is 1.72 bits per heavy atom. The molecule has 0 spiro atoms. The van der Waals surface area contributed by atoms with E-state index < -0.39 is 0 Å². The van der Waals surface area contributed by atoms with Crippen LogP contribution in [-0.2, 0) is 11.2 Å². The first-order chi connectivity index (χ1) is 14.2. The molecule has 1 amide bonds. The van der Waals surface area contributed by atoms with Gasteiger partial charge in [-0.05, 0) is 42.7 Å². The number of carbonyl (C=O) groups excluding carboxylic acids is 1. The molecule has 29 heavy (non-hydrogen) atoms. The van der Waals surface area contributed by atoms with Gasteiger partial charge in [-0.25, -0.2) is 0 Å². The molecule has 0 unspecified atom stereocenters. The number of benzene rings is 3. The maximum Gasteiger partial charge on any atom is 0.243 e. The molecule has 0 bridgehead atoms. The van der Waals surface area contributed by atoms with Crippen molar-refractivity contribution in [1.29, 1.82) is 0 Å². The quantitative estimate of drug-likeness (QED) is 0.490. The first kappa shape index (κ1) is 20.3. The van der Waals surface area contributed by atoms with Crippen LogP contribution in [0.5, 0.6) is 11.5 Å². The van der Waals surface area contributed by atoms with Crippen LogP contribution in [0.4, 0.5) is 11.4 Å². The van der Waals surface area contributed by atoms with E-state index >= 15 is 0 Å². The van der Waals surface area contributed by atoms with Crippen molar-refractivity contribution >= 4 is 17.3 Å². The van der Waals surface area contributed by atoms with Crippen molar-refractivity contribution in [2.75, 3.05) is 30.9 Å². The van der Waals surface area contributed by atoms with Gasteiger partial charge in [0.1, 0.15) is 11.5 Å². The molecule has 5 nitrogen and oxygen atoms in total. The van der Waals surface area contributed by atoms with Crippen molar-refractivity contribution in [3.63, 3.8) is 0 Å². The van der Waals surface area contributed by atoms with Gasteiger partial charge in [-0.15, -0.1) is 0 Å². The molecule has 0 aromatic heterocycles. The minimum Gasteiger partial charge on any atom is -0.495 e. The van der Waals surface area contributed by atoms with Crippen LogP contribution in [0.25, 0.3) is 0 Å². The van der Waals surface area contributed by atoms with Crippen LogP contribution in [0, 0.1) is 0 Å². The fraction of sp³-hybridized carbons (Fsp3) is 0.208. The molecule has 150 valence electrons. The Kier molecular flexibility index (Phi) is 7.52. The zero-order chi connectivity index (χ0) is 20.3. The van der Waals surface area contributed by atoms with Crippen LogP contribution in [0.1, 0.15) is 12.0 Å². The standard InChI is InChI=1S/C24H26N2O3/c1-28-23-15-6-5-14-22(23)26-24(27)18-25-20-12-7-13-21(17-20)29-16-8-11-19-9-3-2-4-10-19/h2-7,9-10,12-15,17,25H,8,11,16,18H2,1H3,(H,26,27). The summed E-state index contributed by atoms with van der Waals surface area (Å²) in [6.45, 7) is 0.794. The van der Waals surface area contributed by atoms with Crippen molar-refractivity contribution in [3.8, 4) is 11.5 Å². The molecule has 0 saturated heterocycles. The van der Waals surface area contributed by atoms with E-state index in [0.717, 1.165) is 24.3 Å². The zero-order valence-electron chi connectivity index (χ0n) is 16.6. The van der Waals surface area contributed by atoms with E-state index in [4.69, 9.17) is 9.47 Å². The van der Waals surface area contributed by atoms with Crippen LogP contribution in [0.2, 0.25) is 0 Å². The fourth-order valence-electron chi connectivity index (χ4n) is 2.93. The molecule has 0 fully saturated rings. The van der Waals surface area contributed by atoms with Gasteiger partial charge in [0.05, 0.1) is 25.9 Å². The average Bonchev–Trinajstić information content (AvgIpc) is 2.77.